The van der Waals surface area contributed by atoms with Crippen LogP contribution in [-0.2, 0) is 9.53 Å². The van der Waals surface area contributed by atoms with E-state index in [1.165, 1.54) is 4.90 Å². The van der Waals surface area contributed by atoms with Gasteiger partial charge in [-0.2, -0.15) is 0 Å². The van der Waals surface area contributed by atoms with Gasteiger partial charge >= 0.3 is 12.1 Å². The Morgan fingerprint density at radius 1 is 0.906 bits per heavy atom. The summed E-state index contributed by atoms with van der Waals surface area (Å²) in [6.07, 6.45) is -0.197. The van der Waals surface area contributed by atoms with Gasteiger partial charge in [0.05, 0.1) is 7.11 Å². The lowest BCUT2D eigenvalue weighted by molar-refractivity contribution is -0.137. The molecule has 0 unspecified atom stereocenters. The first-order valence-corrected chi connectivity index (χ1v) is 10.6. The lowest BCUT2D eigenvalue weighted by Gasteiger charge is -2.23. The molecule has 0 saturated carbocycles. The highest BCUT2D eigenvalue weighted by Crippen LogP contribution is 2.44. The summed E-state index contributed by atoms with van der Waals surface area (Å²) in [5.41, 5.74) is 5.25. The number of nitrogens with zero attached hydrogens (tertiary/aromatic N) is 1. The standard InChI is InChI=1S/C26H25NO5/c1-31-19-14-12-18(13-15-19)27(16-6-11-25(28)29)26(30)32-17-24-22-9-4-2-7-20(22)21-8-3-5-10-23(21)24/h2-5,7-10,12-15,24H,6,11,16-17H2,1H3,(H,28,29). The first-order valence-electron chi connectivity index (χ1n) is 10.6. The van der Waals surface area contributed by atoms with Gasteiger partial charge in [-0.05, 0) is 52.9 Å². The lowest BCUT2D eigenvalue weighted by atomic mass is 9.98. The van der Waals surface area contributed by atoms with Crippen molar-refractivity contribution in [3.8, 4) is 16.9 Å². The van der Waals surface area contributed by atoms with E-state index in [9.17, 15) is 9.59 Å². The molecule has 0 fully saturated rings. The average Bonchev–Trinajstić information content (AvgIpc) is 3.14. The topological polar surface area (TPSA) is 76.1 Å². The number of hydrogen-bond donors (Lipinski definition) is 1. The third kappa shape index (κ3) is 4.44. The molecule has 0 radical (unpaired) electrons. The third-order valence-electron chi connectivity index (χ3n) is 5.71. The summed E-state index contributed by atoms with van der Waals surface area (Å²) >= 11 is 0. The SMILES string of the molecule is COc1ccc(N(CCCC(=O)O)C(=O)OCC2c3ccccc3-c3ccccc32)cc1. The maximum Gasteiger partial charge on any atom is 0.414 e. The molecular formula is C26H25NO5. The summed E-state index contributed by atoms with van der Waals surface area (Å²) < 4.78 is 11.0. The number of ether oxygens (including phenoxy) is 2. The average molecular weight is 431 g/mol. The molecule has 0 aliphatic heterocycles. The number of rotatable bonds is 8. The van der Waals surface area contributed by atoms with Crippen LogP contribution in [-0.4, -0.2) is 37.4 Å². The van der Waals surface area contributed by atoms with E-state index in [4.69, 9.17) is 14.6 Å². The van der Waals surface area contributed by atoms with Crippen LogP contribution in [0.25, 0.3) is 11.1 Å². The Hall–Kier alpha value is -3.80. The fourth-order valence-electron chi connectivity index (χ4n) is 4.15. The highest BCUT2D eigenvalue weighted by atomic mass is 16.6. The van der Waals surface area contributed by atoms with Crippen molar-refractivity contribution in [2.75, 3.05) is 25.2 Å². The second-order valence-electron chi connectivity index (χ2n) is 7.65. The molecule has 0 atom stereocenters. The van der Waals surface area contributed by atoms with Crippen LogP contribution in [0, 0.1) is 0 Å². The summed E-state index contributed by atoms with van der Waals surface area (Å²) in [4.78, 5) is 25.5. The van der Waals surface area contributed by atoms with Gasteiger partial charge in [0.15, 0.2) is 0 Å². The minimum absolute atomic E-state index is 0.0245. The molecular weight excluding hydrogens is 406 g/mol. The number of hydrogen-bond acceptors (Lipinski definition) is 4. The fraction of sp³-hybridized carbons (Fsp3) is 0.231. The molecule has 1 aliphatic rings. The van der Waals surface area contributed by atoms with Crippen molar-refractivity contribution in [2.45, 2.75) is 18.8 Å². The first kappa shape index (κ1) is 21.4. The van der Waals surface area contributed by atoms with Gasteiger partial charge < -0.3 is 14.6 Å². The highest BCUT2D eigenvalue weighted by molar-refractivity contribution is 5.88. The third-order valence-corrected chi connectivity index (χ3v) is 5.71. The molecule has 0 bridgehead atoms. The van der Waals surface area contributed by atoms with Crippen LogP contribution in [0.15, 0.2) is 72.8 Å². The minimum atomic E-state index is -0.896. The van der Waals surface area contributed by atoms with E-state index in [1.807, 2.05) is 24.3 Å². The van der Waals surface area contributed by atoms with Gasteiger partial charge in [0.2, 0.25) is 0 Å². The van der Waals surface area contributed by atoms with Gasteiger partial charge in [0, 0.05) is 24.6 Å². The number of aliphatic carboxylic acids is 1. The largest absolute Gasteiger partial charge is 0.497 e. The van der Waals surface area contributed by atoms with Gasteiger partial charge in [-0.15, -0.1) is 0 Å². The number of carboxylic acid groups (broad SMARTS) is 1. The molecule has 6 heteroatoms. The van der Waals surface area contributed by atoms with Crippen molar-refractivity contribution in [3.63, 3.8) is 0 Å². The van der Waals surface area contributed by atoms with Crippen molar-refractivity contribution in [1.29, 1.82) is 0 Å². The van der Waals surface area contributed by atoms with Crippen molar-refractivity contribution in [3.05, 3.63) is 83.9 Å². The van der Waals surface area contributed by atoms with Crippen molar-refractivity contribution in [1.82, 2.24) is 0 Å². The Bertz CT molecular complexity index is 1060. The van der Waals surface area contributed by atoms with E-state index in [0.717, 1.165) is 22.3 Å². The Morgan fingerprint density at radius 3 is 2.06 bits per heavy atom. The number of carboxylic acids is 1. The number of methoxy groups -OCH3 is 1. The van der Waals surface area contributed by atoms with Crippen LogP contribution in [0.3, 0.4) is 0 Å². The highest BCUT2D eigenvalue weighted by Gasteiger charge is 2.30. The molecule has 6 nitrogen and oxygen atoms in total. The predicted molar refractivity (Wildman–Crippen MR) is 122 cm³/mol. The number of carbonyl (C=O) groups is 2. The van der Waals surface area contributed by atoms with Gasteiger partial charge in [0.1, 0.15) is 12.4 Å². The Morgan fingerprint density at radius 2 is 1.50 bits per heavy atom. The Kier molecular flexibility index (Phi) is 6.40. The molecule has 0 saturated heterocycles. The van der Waals surface area contributed by atoms with Gasteiger partial charge in [-0.1, -0.05) is 48.5 Å². The number of amides is 1. The van der Waals surface area contributed by atoms with Crippen LogP contribution < -0.4 is 9.64 Å². The molecule has 164 valence electrons. The van der Waals surface area contributed by atoms with Crippen molar-refractivity contribution in [2.24, 2.45) is 0 Å². The van der Waals surface area contributed by atoms with Gasteiger partial charge in [0.25, 0.3) is 0 Å². The van der Waals surface area contributed by atoms with Crippen LogP contribution >= 0.6 is 0 Å². The molecule has 4 rings (SSSR count). The van der Waals surface area contributed by atoms with E-state index in [-0.39, 0.29) is 25.5 Å². The van der Waals surface area contributed by atoms with Crippen LogP contribution in [0.2, 0.25) is 0 Å². The zero-order valence-electron chi connectivity index (χ0n) is 17.9. The molecule has 1 amide bonds. The molecule has 3 aromatic rings. The maximum atomic E-state index is 13.1. The quantitative estimate of drug-likeness (QED) is 0.523. The molecule has 0 spiro atoms. The summed E-state index contributed by atoms with van der Waals surface area (Å²) in [7, 11) is 1.57. The Balaban J connectivity index is 1.52. The summed E-state index contributed by atoms with van der Waals surface area (Å²) in [6.45, 7) is 0.452. The van der Waals surface area contributed by atoms with E-state index in [2.05, 4.69) is 24.3 Å². The number of benzene rings is 3. The van der Waals surface area contributed by atoms with E-state index >= 15 is 0 Å². The molecule has 3 aromatic carbocycles. The van der Waals surface area contributed by atoms with Gasteiger partial charge in [-0.25, -0.2) is 4.79 Å². The van der Waals surface area contributed by atoms with Gasteiger partial charge in [-0.3, -0.25) is 9.69 Å². The smallest absolute Gasteiger partial charge is 0.414 e. The zero-order chi connectivity index (χ0) is 22.5. The maximum absolute atomic E-state index is 13.1. The van der Waals surface area contributed by atoms with E-state index in [0.29, 0.717) is 17.9 Å². The lowest BCUT2D eigenvalue weighted by Crippen LogP contribution is -2.33. The Labute approximate surface area is 187 Å². The molecule has 0 aromatic heterocycles. The van der Waals surface area contributed by atoms with Crippen LogP contribution in [0.1, 0.15) is 29.9 Å². The van der Waals surface area contributed by atoms with Crippen molar-refractivity contribution >= 4 is 17.7 Å². The van der Waals surface area contributed by atoms with E-state index in [1.54, 1.807) is 31.4 Å². The second kappa shape index (κ2) is 9.56. The minimum Gasteiger partial charge on any atom is -0.497 e. The summed E-state index contributed by atoms with van der Waals surface area (Å²) in [5, 5.41) is 8.99. The number of carbonyl (C=O) groups excluding carboxylic acids is 1. The van der Waals surface area contributed by atoms with Crippen LogP contribution in [0.5, 0.6) is 5.75 Å². The predicted octanol–water partition coefficient (Wildman–Crippen LogP) is 5.32. The number of anilines is 1. The molecule has 1 aliphatic carbocycles. The zero-order valence-corrected chi connectivity index (χ0v) is 17.9. The number of fused-ring (bicyclic) bond motifs is 3. The molecule has 32 heavy (non-hydrogen) atoms. The first-order chi connectivity index (χ1) is 15.6. The monoisotopic (exact) mass is 431 g/mol. The summed E-state index contributed by atoms with van der Waals surface area (Å²) in [5.74, 6) is -0.262. The summed E-state index contributed by atoms with van der Waals surface area (Å²) in [6, 6.07) is 23.4. The van der Waals surface area contributed by atoms with Crippen LogP contribution in [0.4, 0.5) is 10.5 Å². The molecule has 1 N–H and O–H groups in total. The fourth-order valence-corrected chi connectivity index (χ4v) is 4.15. The van der Waals surface area contributed by atoms with Crippen molar-refractivity contribution < 1.29 is 24.2 Å². The van der Waals surface area contributed by atoms with E-state index < -0.39 is 12.1 Å². The molecule has 0 heterocycles. The second-order valence-corrected chi connectivity index (χ2v) is 7.65. The normalized spacial score (nSPS) is 12.0.